The van der Waals surface area contributed by atoms with Crippen LogP contribution in [0, 0.1) is 12.8 Å². The number of nitrogens with zero attached hydrogens (tertiary/aromatic N) is 6. The number of carbonyl (C=O) groups is 5. The molecule has 4 aromatic carbocycles. The van der Waals surface area contributed by atoms with E-state index >= 15 is 0 Å². The van der Waals surface area contributed by atoms with E-state index in [1.807, 2.05) is 113 Å². The fourth-order valence-corrected chi connectivity index (χ4v) is 10.9. The lowest BCUT2D eigenvalue weighted by molar-refractivity contribution is -0.134. The highest BCUT2D eigenvalue weighted by Crippen LogP contribution is 2.37. The standard InChI is InChI=1S/C55H57N9O7S/c1-32-36(11-9-14-44(32)70-27-24-33-22-25-63(29-33)31-48(66)56-35-16-17-39-43(28-35)62(5)61-49(39)40-19-21-47(65)59-52(40)68)37-18-20-46(58-50(37)53(69)71-55(2,3)4)64-26-23-34-10-8-12-38(41(34)30-64)51(67)60-54-57-42-13-6-7-15-45(42)72-54/h6-18,20,28,33,40H,19,21-27,29-31H2,1-5H3,(H,56,66)(H,57,60,67)(H,59,65,68)/t33-,40?/m0/s1. The maximum absolute atomic E-state index is 14.1. The maximum atomic E-state index is 14.1. The molecule has 0 aliphatic carbocycles. The first-order chi connectivity index (χ1) is 34.6. The van der Waals surface area contributed by atoms with Crippen molar-refractivity contribution in [2.45, 2.75) is 77.9 Å². The van der Waals surface area contributed by atoms with Crippen LogP contribution in [-0.4, -0.2) is 92.6 Å². The monoisotopic (exact) mass is 987 g/mol. The Labute approximate surface area is 421 Å². The highest BCUT2D eigenvalue weighted by molar-refractivity contribution is 7.22. The Morgan fingerprint density at radius 2 is 1.72 bits per heavy atom. The van der Waals surface area contributed by atoms with Gasteiger partial charge in [-0.1, -0.05) is 47.7 Å². The van der Waals surface area contributed by atoms with Crippen LogP contribution in [0.5, 0.6) is 5.75 Å². The van der Waals surface area contributed by atoms with Crippen LogP contribution in [-0.2, 0) is 39.1 Å². The van der Waals surface area contributed by atoms with E-state index in [0.29, 0.717) is 77.7 Å². The molecular formula is C55H57N9O7S. The molecule has 2 saturated heterocycles. The average Bonchev–Trinajstić information content (AvgIpc) is 4.07. The molecule has 17 heteroatoms. The number of hydrogen-bond donors (Lipinski definition) is 3. The summed E-state index contributed by atoms with van der Waals surface area (Å²) in [5, 5.41) is 14.4. The second-order valence-corrected chi connectivity index (χ2v) is 20.9. The summed E-state index contributed by atoms with van der Waals surface area (Å²) in [7, 11) is 1.80. The van der Waals surface area contributed by atoms with Gasteiger partial charge in [-0.05, 0) is 143 Å². The molecule has 0 saturated carbocycles. The van der Waals surface area contributed by atoms with Crippen LogP contribution < -0.4 is 25.6 Å². The summed E-state index contributed by atoms with van der Waals surface area (Å²) in [6, 6.07) is 28.8. The third-order valence-electron chi connectivity index (χ3n) is 13.7. The summed E-state index contributed by atoms with van der Waals surface area (Å²) >= 11 is 1.44. The number of fused-ring (bicyclic) bond motifs is 3. The number of imide groups is 1. The Kier molecular flexibility index (Phi) is 13.3. The van der Waals surface area contributed by atoms with Crippen molar-refractivity contribution < 1.29 is 33.4 Å². The van der Waals surface area contributed by atoms with Crippen LogP contribution >= 0.6 is 11.3 Å². The summed E-state index contributed by atoms with van der Waals surface area (Å²) in [4.78, 5) is 79.3. The predicted octanol–water partition coefficient (Wildman–Crippen LogP) is 8.57. The lowest BCUT2D eigenvalue weighted by Gasteiger charge is -2.31. The zero-order valence-corrected chi connectivity index (χ0v) is 41.9. The van der Waals surface area contributed by atoms with Crippen molar-refractivity contribution in [1.29, 1.82) is 0 Å². The SMILES string of the molecule is Cc1c(OCC[C@@H]2CCN(CC(=O)Nc3ccc4c(C5CCC(=O)NC5=O)nn(C)c4c3)C2)cccc1-c1ccc(N2CCc3cccc(C(=O)Nc4nc5ccccc5s4)c3C2)nc1C(=O)OC(C)(C)C. The highest BCUT2D eigenvalue weighted by atomic mass is 32.1. The van der Waals surface area contributed by atoms with Gasteiger partial charge in [-0.25, -0.2) is 14.8 Å². The van der Waals surface area contributed by atoms with Gasteiger partial charge in [0.25, 0.3) is 5.91 Å². The highest BCUT2D eigenvalue weighted by Gasteiger charge is 2.33. The Balaban J connectivity index is 0.777. The topological polar surface area (TPSA) is 190 Å². The van der Waals surface area contributed by atoms with E-state index in [0.717, 1.165) is 69.3 Å². The van der Waals surface area contributed by atoms with Crippen molar-refractivity contribution in [2.75, 3.05) is 48.3 Å². The number of aryl methyl sites for hydroxylation is 1. The normalized spacial score (nSPS) is 17.2. The molecule has 3 aromatic heterocycles. The van der Waals surface area contributed by atoms with Crippen LogP contribution in [0.4, 0.5) is 16.6 Å². The number of amides is 4. The molecule has 3 N–H and O–H groups in total. The number of ether oxygens (including phenoxy) is 2. The molecule has 0 spiro atoms. The number of hydrogen-bond acceptors (Lipinski definition) is 13. The third-order valence-corrected chi connectivity index (χ3v) is 14.6. The van der Waals surface area contributed by atoms with Gasteiger partial charge in [-0.15, -0.1) is 0 Å². The first-order valence-electron chi connectivity index (χ1n) is 24.5. The van der Waals surface area contributed by atoms with Crippen LogP contribution in [0.1, 0.15) is 95.6 Å². The van der Waals surface area contributed by atoms with Crippen LogP contribution in [0.25, 0.3) is 32.2 Å². The van der Waals surface area contributed by atoms with Crippen LogP contribution in [0.15, 0.2) is 91.0 Å². The number of aromatic nitrogens is 4. The number of rotatable bonds is 13. The van der Waals surface area contributed by atoms with E-state index < -0.39 is 17.5 Å². The second-order valence-electron chi connectivity index (χ2n) is 19.9. The van der Waals surface area contributed by atoms with Crippen molar-refractivity contribution in [3.63, 3.8) is 0 Å². The van der Waals surface area contributed by atoms with Gasteiger partial charge in [0.05, 0.1) is 40.5 Å². The van der Waals surface area contributed by atoms with Gasteiger partial charge in [0.15, 0.2) is 10.8 Å². The molecule has 3 aliphatic heterocycles. The van der Waals surface area contributed by atoms with E-state index in [9.17, 15) is 24.0 Å². The number of likely N-dealkylation sites (tertiary alicyclic amines) is 1. The Hall–Kier alpha value is -7.50. The molecule has 3 aliphatic rings. The maximum Gasteiger partial charge on any atom is 0.358 e. The summed E-state index contributed by atoms with van der Waals surface area (Å²) < 4.78 is 15.1. The molecule has 72 heavy (non-hydrogen) atoms. The van der Waals surface area contributed by atoms with E-state index in [-0.39, 0.29) is 42.3 Å². The molecule has 370 valence electrons. The van der Waals surface area contributed by atoms with Crippen molar-refractivity contribution >= 4 is 78.7 Å². The molecule has 10 rings (SSSR count). The Morgan fingerprint density at radius 3 is 2.54 bits per heavy atom. The van der Waals surface area contributed by atoms with Crippen molar-refractivity contribution in [3.8, 4) is 16.9 Å². The van der Waals surface area contributed by atoms with Crippen molar-refractivity contribution in [3.05, 3.63) is 125 Å². The van der Waals surface area contributed by atoms with Gasteiger partial charge in [0.2, 0.25) is 17.7 Å². The molecule has 16 nitrogen and oxygen atoms in total. The molecule has 7 aromatic rings. The number of carbonyl (C=O) groups excluding carboxylic acids is 5. The summed E-state index contributed by atoms with van der Waals surface area (Å²) in [6.45, 7) is 10.9. The number of benzene rings is 4. The van der Waals surface area contributed by atoms with Gasteiger partial charge in [-0.3, -0.25) is 39.4 Å². The largest absolute Gasteiger partial charge is 0.493 e. The molecule has 2 fully saturated rings. The van der Waals surface area contributed by atoms with Crippen molar-refractivity contribution in [1.82, 2.24) is 30.0 Å². The number of esters is 1. The average molecular weight is 988 g/mol. The number of para-hydroxylation sites is 1. The minimum atomic E-state index is -0.761. The number of piperidine rings is 1. The molecule has 2 atom stereocenters. The van der Waals surface area contributed by atoms with Crippen LogP contribution in [0.3, 0.4) is 0 Å². The van der Waals surface area contributed by atoms with E-state index in [2.05, 4.69) is 41.9 Å². The molecule has 0 radical (unpaired) electrons. The van der Waals surface area contributed by atoms with Gasteiger partial charge in [-0.2, -0.15) is 5.10 Å². The molecule has 0 bridgehead atoms. The van der Waals surface area contributed by atoms with E-state index in [1.165, 1.54) is 11.3 Å². The smallest absolute Gasteiger partial charge is 0.358 e. The molecule has 6 heterocycles. The van der Waals surface area contributed by atoms with Gasteiger partial charge in [0, 0.05) is 55.3 Å². The molecular weight excluding hydrogens is 931 g/mol. The third kappa shape index (κ3) is 10.3. The lowest BCUT2D eigenvalue weighted by atomic mass is 9.93. The second kappa shape index (κ2) is 20.0. The minimum Gasteiger partial charge on any atom is -0.493 e. The first-order valence-corrected chi connectivity index (χ1v) is 25.3. The fourth-order valence-electron chi connectivity index (χ4n) is 10.1. The summed E-state index contributed by atoms with van der Waals surface area (Å²) in [5.74, 6) is -0.320. The zero-order valence-electron chi connectivity index (χ0n) is 41.0. The summed E-state index contributed by atoms with van der Waals surface area (Å²) in [6.07, 6.45) is 3.12. The van der Waals surface area contributed by atoms with E-state index in [1.54, 1.807) is 11.7 Å². The fraction of sp³-hybridized carbons (Fsp3) is 0.345. The van der Waals surface area contributed by atoms with Crippen LogP contribution in [0.2, 0.25) is 0 Å². The molecule has 1 unspecified atom stereocenters. The lowest BCUT2D eigenvalue weighted by Crippen LogP contribution is -2.39. The van der Waals surface area contributed by atoms with Crippen molar-refractivity contribution in [2.24, 2.45) is 13.0 Å². The van der Waals surface area contributed by atoms with Gasteiger partial charge in [0.1, 0.15) is 17.2 Å². The number of pyridine rings is 1. The quantitative estimate of drug-likeness (QED) is 0.0739. The number of nitrogens with one attached hydrogen (secondary N) is 3. The van der Waals surface area contributed by atoms with E-state index in [4.69, 9.17) is 14.5 Å². The Morgan fingerprint density at radius 1 is 0.889 bits per heavy atom. The molecule has 4 amide bonds. The summed E-state index contributed by atoms with van der Waals surface area (Å²) in [5.41, 5.74) is 7.21. The van der Waals surface area contributed by atoms with Gasteiger partial charge >= 0.3 is 5.97 Å². The Bertz CT molecular complexity index is 3250. The predicted molar refractivity (Wildman–Crippen MR) is 277 cm³/mol. The van der Waals surface area contributed by atoms with Gasteiger partial charge < -0.3 is 19.7 Å². The number of thiazole rings is 1. The minimum absolute atomic E-state index is 0.114. The zero-order chi connectivity index (χ0) is 50.3. The first kappa shape index (κ1) is 48.1. The number of anilines is 3.